The SMILES string of the molecule is COC(=O)CSc1nnc(-c2cc3c(s2)CCC(C(C)(C)C)C3)n1C. The van der Waals surface area contributed by atoms with E-state index in [1.165, 1.54) is 40.6 Å². The first-order valence-electron chi connectivity index (χ1n) is 8.50. The van der Waals surface area contributed by atoms with Gasteiger partial charge in [0, 0.05) is 11.9 Å². The van der Waals surface area contributed by atoms with Crippen LogP contribution in [0.5, 0.6) is 0 Å². The number of thiophene rings is 1. The zero-order chi connectivity index (χ0) is 18.2. The van der Waals surface area contributed by atoms with Gasteiger partial charge in [-0.3, -0.25) is 4.79 Å². The summed E-state index contributed by atoms with van der Waals surface area (Å²) in [4.78, 5) is 14.0. The predicted molar refractivity (Wildman–Crippen MR) is 102 cm³/mol. The molecular weight excluding hydrogens is 354 g/mol. The van der Waals surface area contributed by atoms with Crippen LogP contribution in [0.25, 0.3) is 10.7 Å². The molecule has 1 aliphatic rings. The van der Waals surface area contributed by atoms with Crippen molar-refractivity contribution in [2.75, 3.05) is 12.9 Å². The second kappa shape index (κ2) is 7.11. The first-order valence-corrected chi connectivity index (χ1v) is 10.3. The third kappa shape index (κ3) is 3.92. The van der Waals surface area contributed by atoms with Gasteiger partial charge in [-0.2, -0.15) is 0 Å². The van der Waals surface area contributed by atoms with Crippen LogP contribution in [0.4, 0.5) is 0 Å². The van der Waals surface area contributed by atoms with Crippen molar-refractivity contribution in [2.24, 2.45) is 18.4 Å². The van der Waals surface area contributed by atoms with Crippen molar-refractivity contribution in [1.82, 2.24) is 14.8 Å². The molecule has 0 bridgehead atoms. The fraction of sp³-hybridized carbons (Fsp3) is 0.611. The summed E-state index contributed by atoms with van der Waals surface area (Å²) < 4.78 is 6.65. The molecule has 0 saturated heterocycles. The van der Waals surface area contributed by atoms with Crippen LogP contribution in [0.3, 0.4) is 0 Å². The van der Waals surface area contributed by atoms with E-state index in [9.17, 15) is 4.79 Å². The molecule has 2 aromatic rings. The molecular formula is C18H25N3O2S2. The summed E-state index contributed by atoms with van der Waals surface area (Å²) in [6.45, 7) is 7.01. The van der Waals surface area contributed by atoms with Crippen molar-refractivity contribution >= 4 is 29.1 Å². The van der Waals surface area contributed by atoms with Crippen LogP contribution in [0.2, 0.25) is 0 Å². The lowest BCUT2D eigenvalue weighted by atomic mass is 9.72. The van der Waals surface area contributed by atoms with Gasteiger partial charge in [0.25, 0.3) is 0 Å². The van der Waals surface area contributed by atoms with E-state index in [1.54, 1.807) is 0 Å². The highest BCUT2D eigenvalue weighted by molar-refractivity contribution is 7.99. The molecule has 2 heterocycles. The van der Waals surface area contributed by atoms with Crippen LogP contribution in [-0.2, 0) is 29.4 Å². The van der Waals surface area contributed by atoms with Crippen molar-refractivity contribution in [2.45, 2.75) is 45.2 Å². The monoisotopic (exact) mass is 379 g/mol. The number of hydrogen-bond acceptors (Lipinski definition) is 6. The zero-order valence-corrected chi connectivity index (χ0v) is 17.1. The van der Waals surface area contributed by atoms with E-state index >= 15 is 0 Å². The number of methoxy groups -OCH3 is 1. The van der Waals surface area contributed by atoms with Crippen LogP contribution in [0.1, 0.15) is 37.6 Å². The molecule has 5 nitrogen and oxygen atoms in total. The summed E-state index contributed by atoms with van der Waals surface area (Å²) >= 11 is 3.19. The summed E-state index contributed by atoms with van der Waals surface area (Å²) in [5, 5.41) is 9.32. The number of rotatable bonds is 4. The second-order valence-electron chi connectivity index (χ2n) is 7.59. The third-order valence-corrected chi connectivity index (χ3v) is 7.14. The van der Waals surface area contributed by atoms with Gasteiger partial charge in [0.15, 0.2) is 11.0 Å². The first kappa shape index (κ1) is 18.5. The highest BCUT2D eigenvalue weighted by Crippen LogP contribution is 2.42. The molecule has 0 amide bonds. The Morgan fingerprint density at radius 3 is 2.88 bits per heavy atom. The Morgan fingerprint density at radius 2 is 2.20 bits per heavy atom. The number of hydrogen-bond donors (Lipinski definition) is 0. The van der Waals surface area contributed by atoms with E-state index in [0.717, 1.165) is 29.7 Å². The van der Waals surface area contributed by atoms with E-state index in [0.29, 0.717) is 5.41 Å². The number of aromatic nitrogens is 3. The molecule has 7 heteroatoms. The molecule has 0 fully saturated rings. The summed E-state index contributed by atoms with van der Waals surface area (Å²) in [5.41, 5.74) is 1.82. The standard InChI is InChI=1S/C18H25N3O2S2/c1-18(2,3)12-6-7-13-11(8-12)9-14(25-13)16-19-20-17(21(16)4)24-10-15(22)23-5/h9,12H,6-8,10H2,1-5H3. The summed E-state index contributed by atoms with van der Waals surface area (Å²) in [5.74, 6) is 1.60. The number of fused-ring (bicyclic) bond motifs is 1. The van der Waals surface area contributed by atoms with Crippen molar-refractivity contribution in [3.63, 3.8) is 0 Å². The normalized spacial score (nSPS) is 17.4. The lowest BCUT2D eigenvalue weighted by molar-refractivity contribution is -0.137. The molecule has 136 valence electrons. The number of carbonyl (C=O) groups excluding carboxylic acids is 1. The molecule has 0 spiro atoms. The Kier molecular flexibility index (Phi) is 5.25. The fourth-order valence-corrected chi connectivity index (χ4v) is 5.18. The minimum atomic E-state index is -0.255. The number of aryl methyl sites for hydroxylation is 1. The predicted octanol–water partition coefficient (Wildman–Crippen LogP) is 3.96. The minimum Gasteiger partial charge on any atom is -0.468 e. The van der Waals surface area contributed by atoms with Gasteiger partial charge < -0.3 is 9.30 Å². The van der Waals surface area contributed by atoms with Gasteiger partial charge in [-0.05, 0) is 42.2 Å². The summed E-state index contributed by atoms with van der Waals surface area (Å²) in [6, 6.07) is 2.29. The van der Waals surface area contributed by atoms with Gasteiger partial charge >= 0.3 is 5.97 Å². The number of carbonyl (C=O) groups is 1. The largest absolute Gasteiger partial charge is 0.468 e. The Balaban J connectivity index is 1.79. The molecule has 2 aromatic heterocycles. The maximum absolute atomic E-state index is 11.3. The summed E-state index contributed by atoms with van der Waals surface area (Å²) in [6.07, 6.45) is 3.57. The Hall–Kier alpha value is -1.34. The number of thioether (sulfide) groups is 1. The van der Waals surface area contributed by atoms with Gasteiger partial charge in [0.1, 0.15) is 0 Å². The molecule has 25 heavy (non-hydrogen) atoms. The molecule has 0 N–H and O–H groups in total. The quantitative estimate of drug-likeness (QED) is 0.594. The van der Waals surface area contributed by atoms with Crippen LogP contribution < -0.4 is 0 Å². The number of esters is 1. The molecule has 0 saturated carbocycles. The Morgan fingerprint density at radius 1 is 1.44 bits per heavy atom. The van der Waals surface area contributed by atoms with E-state index in [4.69, 9.17) is 0 Å². The fourth-order valence-electron chi connectivity index (χ4n) is 3.21. The third-order valence-electron chi connectivity index (χ3n) is 4.91. The number of nitrogens with zero attached hydrogens (tertiary/aromatic N) is 3. The maximum Gasteiger partial charge on any atom is 0.316 e. The molecule has 1 unspecified atom stereocenters. The minimum absolute atomic E-state index is 0.247. The van der Waals surface area contributed by atoms with E-state index in [-0.39, 0.29) is 11.7 Å². The molecule has 0 radical (unpaired) electrons. The van der Waals surface area contributed by atoms with Crippen molar-refractivity contribution < 1.29 is 9.53 Å². The van der Waals surface area contributed by atoms with Crippen molar-refractivity contribution in [3.05, 3.63) is 16.5 Å². The number of ether oxygens (including phenoxy) is 1. The second-order valence-corrected chi connectivity index (χ2v) is 9.67. The highest BCUT2D eigenvalue weighted by Gasteiger charge is 2.30. The molecule has 0 aromatic carbocycles. The van der Waals surface area contributed by atoms with Gasteiger partial charge in [0.2, 0.25) is 0 Å². The van der Waals surface area contributed by atoms with Crippen LogP contribution in [-0.4, -0.2) is 33.6 Å². The first-order chi connectivity index (χ1) is 11.8. The lowest BCUT2D eigenvalue weighted by Gasteiger charge is -2.33. The van der Waals surface area contributed by atoms with Gasteiger partial charge in [-0.1, -0.05) is 32.5 Å². The van der Waals surface area contributed by atoms with E-state index in [2.05, 4.69) is 41.8 Å². The van der Waals surface area contributed by atoms with Gasteiger partial charge in [-0.25, -0.2) is 0 Å². The van der Waals surface area contributed by atoms with Gasteiger partial charge in [0.05, 0.1) is 17.7 Å². The van der Waals surface area contributed by atoms with E-state index in [1.807, 2.05) is 23.0 Å². The molecule has 1 atom stereocenters. The topological polar surface area (TPSA) is 57.0 Å². The maximum atomic E-state index is 11.3. The van der Waals surface area contributed by atoms with Crippen LogP contribution in [0, 0.1) is 11.3 Å². The smallest absolute Gasteiger partial charge is 0.316 e. The molecule has 3 rings (SSSR count). The zero-order valence-electron chi connectivity index (χ0n) is 15.5. The van der Waals surface area contributed by atoms with Crippen LogP contribution in [0.15, 0.2) is 11.2 Å². The molecule has 1 aliphatic carbocycles. The van der Waals surface area contributed by atoms with Gasteiger partial charge in [-0.15, -0.1) is 21.5 Å². The lowest BCUT2D eigenvalue weighted by Crippen LogP contribution is -2.26. The van der Waals surface area contributed by atoms with Crippen molar-refractivity contribution in [3.8, 4) is 10.7 Å². The van der Waals surface area contributed by atoms with E-state index < -0.39 is 0 Å². The average Bonchev–Trinajstić information content (AvgIpc) is 3.14. The van der Waals surface area contributed by atoms with Crippen LogP contribution >= 0.6 is 23.1 Å². The Bertz CT molecular complexity index is 774. The molecule has 0 aliphatic heterocycles. The average molecular weight is 380 g/mol. The summed E-state index contributed by atoms with van der Waals surface area (Å²) in [7, 11) is 3.34. The van der Waals surface area contributed by atoms with Crippen molar-refractivity contribution in [1.29, 1.82) is 0 Å². The Labute approximate surface area is 157 Å². The highest BCUT2D eigenvalue weighted by atomic mass is 32.2.